The van der Waals surface area contributed by atoms with Gasteiger partial charge in [0.05, 0.1) is 17.2 Å². The summed E-state index contributed by atoms with van der Waals surface area (Å²) >= 11 is 0. The number of hydrogen-bond acceptors (Lipinski definition) is 3. The Morgan fingerprint density at radius 1 is 1.08 bits per heavy atom. The van der Waals surface area contributed by atoms with Crippen LogP contribution in [0, 0.1) is 19.8 Å². The van der Waals surface area contributed by atoms with E-state index in [0.717, 1.165) is 16.7 Å². The maximum Gasteiger partial charge on any atom is 0.335 e. The highest BCUT2D eigenvalue weighted by molar-refractivity contribution is 6.21. The lowest BCUT2D eigenvalue weighted by molar-refractivity contribution is -0.122. The van der Waals surface area contributed by atoms with Gasteiger partial charge in [0.25, 0.3) is 0 Å². The van der Waals surface area contributed by atoms with Crippen LogP contribution in [0.3, 0.4) is 0 Å². The maximum absolute atomic E-state index is 12.7. The quantitative estimate of drug-likeness (QED) is 0.870. The number of anilines is 1. The summed E-state index contributed by atoms with van der Waals surface area (Å²) in [6.07, 6.45) is 0.698. The molecule has 1 fully saturated rings. The average Bonchev–Trinajstić information content (AvgIpc) is 2.80. The third-order valence-electron chi connectivity index (χ3n) is 4.38. The van der Waals surface area contributed by atoms with Crippen LogP contribution in [0.2, 0.25) is 0 Å². The highest BCUT2D eigenvalue weighted by Gasteiger charge is 2.39. The number of hydrogen-bond donors (Lipinski definition) is 1. The minimum absolute atomic E-state index is 0.120. The SMILES string of the molecule is Cc1cc(C)cc(CC2CC(=O)N(c3ccc(C(=O)O)cc3)C2=O)c1. The lowest BCUT2D eigenvalue weighted by Crippen LogP contribution is -2.30. The van der Waals surface area contributed by atoms with E-state index in [9.17, 15) is 14.4 Å². The molecule has 3 rings (SSSR count). The molecule has 0 bridgehead atoms. The molecule has 0 spiro atoms. The van der Waals surface area contributed by atoms with Crippen LogP contribution in [0.4, 0.5) is 5.69 Å². The van der Waals surface area contributed by atoms with Crippen molar-refractivity contribution in [3.05, 3.63) is 64.7 Å². The topological polar surface area (TPSA) is 74.7 Å². The predicted octanol–water partition coefficient (Wildman–Crippen LogP) is 3.12. The van der Waals surface area contributed by atoms with Gasteiger partial charge in [0.1, 0.15) is 0 Å². The van der Waals surface area contributed by atoms with Gasteiger partial charge in [-0.15, -0.1) is 0 Å². The molecule has 2 amide bonds. The molecule has 0 radical (unpaired) electrons. The van der Waals surface area contributed by atoms with Crippen LogP contribution in [0.25, 0.3) is 0 Å². The zero-order valence-electron chi connectivity index (χ0n) is 14.2. The van der Waals surface area contributed by atoms with E-state index in [1.807, 2.05) is 26.0 Å². The minimum atomic E-state index is -1.04. The van der Waals surface area contributed by atoms with Crippen molar-refractivity contribution in [2.45, 2.75) is 26.7 Å². The zero-order valence-corrected chi connectivity index (χ0v) is 14.2. The van der Waals surface area contributed by atoms with Crippen molar-refractivity contribution in [1.29, 1.82) is 0 Å². The van der Waals surface area contributed by atoms with Gasteiger partial charge in [-0.3, -0.25) is 14.5 Å². The first-order valence-electron chi connectivity index (χ1n) is 8.12. The van der Waals surface area contributed by atoms with Crippen LogP contribution in [0.15, 0.2) is 42.5 Å². The Hall–Kier alpha value is -2.95. The van der Waals surface area contributed by atoms with Crippen LogP contribution in [-0.4, -0.2) is 22.9 Å². The largest absolute Gasteiger partial charge is 0.478 e. The van der Waals surface area contributed by atoms with Crippen LogP contribution in [-0.2, 0) is 16.0 Å². The van der Waals surface area contributed by atoms with Gasteiger partial charge in [-0.25, -0.2) is 4.79 Å². The zero-order chi connectivity index (χ0) is 18.1. The monoisotopic (exact) mass is 337 g/mol. The second-order valence-corrected chi connectivity index (χ2v) is 6.52. The molecule has 2 aromatic rings. The van der Waals surface area contributed by atoms with Gasteiger partial charge in [0.2, 0.25) is 11.8 Å². The number of benzene rings is 2. The second-order valence-electron chi connectivity index (χ2n) is 6.52. The van der Waals surface area contributed by atoms with E-state index in [1.54, 1.807) is 0 Å². The molecule has 1 saturated heterocycles. The first kappa shape index (κ1) is 16.9. The van der Waals surface area contributed by atoms with Gasteiger partial charge >= 0.3 is 5.97 Å². The van der Waals surface area contributed by atoms with Crippen LogP contribution >= 0.6 is 0 Å². The van der Waals surface area contributed by atoms with E-state index in [1.165, 1.54) is 29.2 Å². The van der Waals surface area contributed by atoms with E-state index in [4.69, 9.17) is 5.11 Å². The van der Waals surface area contributed by atoms with Gasteiger partial charge in [0.15, 0.2) is 0 Å². The maximum atomic E-state index is 12.7. The standard InChI is InChI=1S/C20H19NO4/c1-12-7-13(2)9-14(8-12)10-16-11-18(22)21(19(16)23)17-5-3-15(4-6-17)20(24)25/h3-9,16H,10-11H2,1-2H3,(H,24,25). The minimum Gasteiger partial charge on any atom is -0.478 e. The van der Waals surface area contributed by atoms with E-state index in [0.29, 0.717) is 12.1 Å². The Labute approximate surface area is 145 Å². The molecule has 0 aromatic heterocycles. The molecule has 128 valence electrons. The summed E-state index contributed by atoms with van der Waals surface area (Å²) in [7, 11) is 0. The molecule has 1 aliphatic rings. The lowest BCUT2D eigenvalue weighted by atomic mass is 9.95. The first-order chi connectivity index (χ1) is 11.8. The van der Waals surface area contributed by atoms with E-state index < -0.39 is 5.97 Å². The van der Waals surface area contributed by atoms with Crippen molar-refractivity contribution in [3.63, 3.8) is 0 Å². The van der Waals surface area contributed by atoms with Gasteiger partial charge in [0, 0.05) is 6.42 Å². The molecule has 1 heterocycles. The Morgan fingerprint density at radius 3 is 2.24 bits per heavy atom. The molecular weight excluding hydrogens is 318 g/mol. The number of aryl methyl sites for hydroxylation is 2. The van der Waals surface area contributed by atoms with E-state index >= 15 is 0 Å². The average molecular weight is 337 g/mol. The molecule has 1 N–H and O–H groups in total. The van der Waals surface area contributed by atoms with Gasteiger partial charge in [-0.1, -0.05) is 29.3 Å². The molecule has 1 unspecified atom stereocenters. The Morgan fingerprint density at radius 2 is 1.68 bits per heavy atom. The molecule has 1 atom stereocenters. The van der Waals surface area contributed by atoms with Crippen molar-refractivity contribution in [3.8, 4) is 0 Å². The highest BCUT2D eigenvalue weighted by atomic mass is 16.4. The molecule has 2 aromatic carbocycles. The number of carboxylic acid groups (broad SMARTS) is 1. The molecule has 5 heteroatoms. The van der Waals surface area contributed by atoms with Gasteiger partial charge in [-0.2, -0.15) is 0 Å². The fourth-order valence-electron chi connectivity index (χ4n) is 3.35. The van der Waals surface area contributed by atoms with Gasteiger partial charge < -0.3 is 5.11 Å². The summed E-state index contributed by atoms with van der Waals surface area (Å²) in [5, 5.41) is 8.95. The molecule has 0 aliphatic carbocycles. The highest BCUT2D eigenvalue weighted by Crippen LogP contribution is 2.29. The van der Waals surface area contributed by atoms with Crippen molar-refractivity contribution in [1.82, 2.24) is 0 Å². The van der Waals surface area contributed by atoms with Crippen molar-refractivity contribution in [2.24, 2.45) is 5.92 Å². The molecule has 5 nitrogen and oxygen atoms in total. The third kappa shape index (κ3) is 3.45. The smallest absolute Gasteiger partial charge is 0.335 e. The summed E-state index contributed by atoms with van der Waals surface area (Å²) < 4.78 is 0. The Balaban J connectivity index is 1.81. The normalized spacial score (nSPS) is 17.2. The number of carbonyl (C=O) groups excluding carboxylic acids is 2. The van der Waals surface area contributed by atoms with Crippen LogP contribution < -0.4 is 4.90 Å². The number of rotatable bonds is 4. The van der Waals surface area contributed by atoms with Crippen molar-refractivity contribution in [2.75, 3.05) is 4.90 Å². The number of carboxylic acids is 1. The van der Waals surface area contributed by atoms with E-state index in [-0.39, 0.29) is 29.7 Å². The fourth-order valence-corrected chi connectivity index (χ4v) is 3.35. The van der Waals surface area contributed by atoms with Crippen LogP contribution in [0.1, 0.15) is 33.5 Å². The number of carbonyl (C=O) groups is 3. The third-order valence-corrected chi connectivity index (χ3v) is 4.38. The van der Waals surface area contributed by atoms with Gasteiger partial charge in [-0.05, 0) is 50.1 Å². The summed E-state index contributed by atoms with van der Waals surface area (Å²) in [6, 6.07) is 11.9. The molecular formula is C20H19NO4. The summed E-state index contributed by atoms with van der Waals surface area (Å²) in [4.78, 5) is 37.1. The summed E-state index contributed by atoms with van der Waals surface area (Å²) in [5.41, 5.74) is 3.85. The molecule has 25 heavy (non-hydrogen) atoms. The molecule has 1 aliphatic heterocycles. The second kappa shape index (κ2) is 6.51. The van der Waals surface area contributed by atoms with Crippen LogP contribution in [0.5, 0.6) is 0 Å². The number of imide groups is 1. The Bertz CT molecular complexity index is 834. The number of aromatic carboxylic acids is 1. The number of nitrogens with zero attached hydrogens (tertiary/aromatic N) is 1. The van der Waals surface area contributed by atoms with E-state index in [2.05, 4.69) is 6.07 Å². The Kier molecular flexibility index (Phi) is 4.40. The fraction of sp³-hybridized carbons (Fsp3) is 0.250. The van der Waals surface area contributed by atoms with Crippen molar-refractivity contribution < 1.29 is 19.5 Å². The lowest BCUT2D eigenvalue weighted by Gasteiger charge is -2.15. The summed E-state index contributed by atoms with van der Waals surface area (Å²) in [5.74, 6) is -1.90. The van der Waals surface area contributed by atoms with Crippen molar-refractivity contribution >= 4 is 23.5 Å². The molecule has 0 saturated carbocycles. The predicted molar refractivity (Wildman–Crippen MR) is 93.6 cm³/mol. The first-order valence-corrected chi connectivity index (χ1v) is 8.12. The number of amides is 2. The summed E-state index contributed by atoms with van der Waals surface area (Å²) in [6.45, 7) is 4.02.